The van der Waals surface area contributed by atoms with E-state index in [0.29, 0.717) is 11.9 Å². The third kappa shape index (κ3) is 6.49. The fourth-order valence-electron chi connectivity index (χ4n) is 1.65. The van der Waals surface area contributed by atoms with Crippen LogP contribution in [0.5, 0.6) is 0 Å². The summed E-state index contributed by atoms with van der Waals surface area (Å²) in [6, 6.07) is 0. The lowest BCUT2D eigenvalue weighted by molar-refractivity contribution is 0.0320. The van der Waals surface area contributed by atoms with Crippen molar-refractivity contribution in [1.82, 2.24) is 10.2 Å². The predicted octanol–water partition coefficient (Wildman–Crippen LogP) is 0.107. The molecule has 1 saturated heterocycles. The molecule has 16 heavy (non-hydrogen) atoms. The number of rotatable bonds is 4. The van der Waals surface area contributed by atoms with Crippen molar-refractivity contribution in [3.05, 3.63) is 0 Å². The molecule has 1 unspecified atom stereocenters. The molecular formula is C10H23IN4O. The van der Waals surface area contributed by atoms with Gasteiger partial charge < -0.3 is 15.8 Å². The maximum atomic E-state index is 5.56. The number of nitrogens with one attached hydrogen (secondary N) is 1. The molecule has 1 atom stereocenters. The largest absolute Gasteiger partial charge is 0.379 e. The minimum Gasteiger partial charge on any atom is -0.379 e. The molecule has 0 radical (unpaired) electrons. The highest BCUT2D eigenvalue weighted by atomic mass is 127. The molecule has 96 valence electrons. The van der Waals surface area contributed by atoms with Gasteiger partial charge in [-0.15, -0.1) is 24.0 Å². The highest BCUT2D eigenvalue weighted by Gasteiger charge is 2.13. The molecule has 0 amide bonds. The molecule has 3 N–H and O–H groups in total. The number of hydrogen-bond acceptors (Lipinski definition) is 3. The molecule has 0 bridgehead atoms. The maximum Gasteiger partial charge on any atom is 0.188 e. The topological polar surface area (TPSA) is 62.9 Å². The molecule has 0 saturated carbocycles. The second-order valence-electron chi connectivity index (χ2n) is 4.01. The van der Waals surface area contributed by atoms with Crippen molar-refractivity contribution < 1.29 is 4.74 Å². The van der Waals surface area contributed by atoms with Crippen LogP contribution in [0, 0.1) is 5.92 Å². The Kier molecular flexibility index (Phi) is 8.96. The van der Waals surface area contributed by atoms with Gasteiger partial charge in [-0.3, -0.25) is 9.89 Å². The van der Waals surface area contributed by atoms with E-state index in [2.05, 4.69) is 22.1 Å². The van der Waals surface area contributed by atoms with Crippen molar-refractivity contribution in [2.45, 2.75) is 6.92 Å². The molecule has 5 nitrogen and oxygen atoms in total. The van der Waals surface area contributed by atoms with E-state index in [4.69, 9.17) is 10.5 Å². The van der Waals surface area contributed by atoms with Gasteiger partial charge in [0.1, 0.15) is 0 Å². The van der Waals surface area contributed by atoms with Crippen LogP contribution in [0.3, 0.4) is 0 Å². The summed E-state index contributed by atoms with van der Waals surface area (Å²) in [5.41, 5.74) is 5.56. The Labute approximate surface area is 115 Å². The SMILES string of the molecule is CN=C(N)NCC(C)CN1CCOCC1.I. The molecule has 1 aliphatic heterocycles. The van der Waals surface area contributed by atoms with Gasteiger partial charge in [0.15, 0.2) is 5.96 Å². The highest BCUT2D eigenvalue weighted by Crippen LogP contribution is 2.02. The fourth-order valence-corrected chi connectivity index (χ4v) is 1.65. The second-order valence-corrected chi connectivity index (χ2v) is 4.01. The first-order chi connectivity index (χ1) is 7.22. The van der Waals surface area contributed by atoms with Gasteiger partial charge in [0.25, 0.3) is 0 Å². The van der Waals surface area contributed by atoms with E-state index >= 15 is 0 Å². The number of ether oxygens (including phenoxy) is 1. The van der Waals surface area contributed by atoms with Crippen LogP contribution in [0.25, 0.3) is 0 Å². The number of nitrogens with two attached hydrogens (primary N) is 1. The van der Waals surface area contributed by atoms with Gasteiger partial charge in [0.05, 0.1) is 13.2 Å². The van der Waals surface area contributed by atoms with E-state index in [-0.39, 0.29) is 24.0 Å². The predicted molar refractivity (Wildman–Crippen MR) is 77.4 cm³/mol. The van der Waals surface area contributed by atoms with E-state index in [1.807, 2.05) is 0 Å². The Balaban J connectivity index is 0.00000225. The summed E-state index contributed by atoms with van der Waals surface area (Å²) in [6.45, 7) is 7.99. The van der Waals surface area contributed by atoms with Crippen molar-refractivity contribution in [1.29, 1.82) is 0 Å². The molecule has 1 aliphatic rings. The number of halogens is 1. The Bertz CT molecular complexity index is 207. The van der Waals surface area contributed by atoms with E-state index in [1.165, 1.54) is 0 Å². The van der Waals surface area contributed by atoms with Gasteiger partial charge >= 0.3 is 0 Å². The van der Waals surface area contributed by atoms with Crippen LogP contribution in [0.2, 0.25) is 0 Å². The zero-order valence-electron chi connectivity index (χ0n) is 10.1. The van der Waals surface area contributed by atoms with Gasteiger partial charge in [-0.2, -0.15) is 0 Å². The summed E-state index contributed by atoms with van der Waals surface area (Å²) in [5.74, 6) is 1.09. The Morgan fingerprint density at radius 1 is 1.50 bits per heavy atom. The molecule has 1 fully saturated rings. The highest BCUT2D eigenvalue weighted by molar-refractivity contribution is 14.0. The Morgan fingerprint density at radius 2 is 2.12 bits per heavy atom. The normalized spacial score (nSPS) is 20.0. The van der Waals surface area contributed by atoms with Crippen molar-refractivity contribution in [3.63, 3.8) is 0 Å². The van der Waals surface area contributed by atoms with E-state index in [9.17, 15) is 0 Å². The first-order valence-corrected chi connectivity index (χ1v) is 5.48. The number of aliphatic imine (C=N–C) groups is 1. The Morgan fingerprint density at radius 3 is 2.69 bits per heavy atom. The molecule has 0 aromatic heterocycles. The first kappa shape index (κ1) is 15.9. The maximum absolute atomic E-state index is 5.56. The van der Waals surface area contributed by atoms with Crippen molar-refractivity contribution >= 4 is 29.9 Å². The van der Waals surface area contributed by atoms with Gasteiger partial charge in [-0.1, -0.05) is 6.92 Å². The first-order valence-electron chi connectivity index (χ1n) is 5.48. The van der Waals surface area contributed by atoms with Gasteiger partial charge in [0, 0.05) is 33.2 Å². The lowest BCUT2D eigenvalue weighted by Crippen LogP contribution is -2.42. The molecule has 1 heterocycles. The average Bonchev–Trinajstić information content (AvgIpc) is 2.27. The smallest absolute Gasteiger partial charge is 0.188 e. The van der Waals surface area contributed by atoms with Crippen molar-refractivity contribution in [2.75, 3.05) is 46.4 Å². The summed E-state index contributed by atoms with van der Waals surface area (Å²) in [6.07, 6.45) is 0. The molecule has 0 spiro atoms. The van der Waals surface area contributed by atoms with Crippen LogP contribution >= 0.6 is 24.0 Å². The van der Waals surface area contributed by atoms with E-state index in [0.717, 1.165) is 39.4 Å². The van der Waals surface area contributed by atoms with Crippen LogP contribution < -0.4 is 11.1 Å². The monoisotopic (exact) mass is 342 g/mol. The Hall–Kier alpha value is -0.0800. The second kappa shape index (κ2) is 9.00. The molecular weight excluding hydrogens is 319 g/mol. The third-order valence-corrected chi connectivity index (χ3v) is 2.55. The summed E-state index contributed by atoms with van der Waals surface area (Å²) in [5, 5.41) is 3.09. The molecule has 0 aromatic rings. The third-order valence-electron chi connectivity index (χ3n) is 2.55. The average molecular weight is 342 g/mol. The summed E-state index contributed by atoms with van der Waals surface area (Å²) in [4.78, 5) is 6.28. The molecule has 0 aromatic carbocycles. The quantitative estimate of drug-likeness (QED) is 0.432. The molecule has 0 aliphatic carbocycles. The van der Waals surface area contributed by atoms with Crippen LogP contribution in [0.15, 0.2) is 4.99 Å². The van der Waals surface area contributed by atoms with Crippen LogP contribution in [-0.2, 0) is 4.74 Å². The standard InChI is InChI=1S/C10H22N4O.HI/c1-9(7-13-10(11)12-2)8-14-3-5-15-6-4-14;/h9H,3-8H2,1-2H3,(H3,11,12,13);1H. The number of hydrogen-bond donors (Lipinski definition) is 2. The van der Waals surface area contributed by atoms with Gasteiger partial charge in [0.2, 0.25) is 0 Å². The summed E-state index contributed by atoms with van der Waals surface area (Å²) >= 11 is 0. The zero-order chi connectivity index (χ0) is 11.1. The molecule has 6 heteroatoms. The van der Waals surface area contributed by atoms with E-state index in [1.54, 1.807) is 7.05 Å². The molecule has 1 rings (SSSR count). The van der Waals surface area contributed by atoms with Crippen LogP contribution in [0.4, 0.5) is 0 Å². The minimum atomic E-state index is 0. The van der Waals surface area contributed by atoms with Crippen molar-refractivity contribution in [2.24, 2.45) is 16.6 Å². The minimum absolute atomic E-state index is 0. The van der Waals surface area contributed by atoms with Gasteiger partial charge in [-0.05, 0) is 5.92 Å². The van der Waals surface area contributed by atoms with Crippen molar-refractivity contribution in [3.8, 4) is 0 Å². The van der Waals surface area contributed by atoms with Crippen LogP contribution in [0.1, 0.15) is 6.92 Å². The number of guanidine groups is 1. The summed E-state index contributed by atoms with van der Waals surface area (Å²) in [7, 11) is 1.69. The number of nitrogens with zero attached hydrogens (tertiary/aromatic N) is 2. The van der Waals surface area contributed by atoms with Crippen LogP contribution in [-0.4, -0.2) is 57.3 Å². The lowest BCUT2D eigenvalue weighted by Gasteiger charge is -2.29. The fraction of sp³-hybridized carbons (Fsp3) is 0.900. The van der Waals surface area contributed by atoms with E-state index < -0.39 is 0 Å². The lowest BCUT2D eigenvalue weighted by atomic mass is 10.1. The van der Waals surface area contributed by atoms with Gasteiger partial charge in [-0.25, -0.2) is 0 Å². The number of morpholine rings is 1. The summed E-state index contributed by atoms with van der Waals surface area (Å²) < 4.78 is 5.30. The zero-order valence-corrected chi connectivity index (χ0v) is 12.4.